The van der Waals surface area contributed by atoms with Gasteiger partial charge in [-0.25, -0.2) is 9.80 Å². The van der Waals surface area contributed by atoms with Crippen LogP contribution in [0.25, 0.3) is 22.3 Å². The summed E-state index contributed by atoms with van der Waals surface area (Å²) < 4.78 is 7.19. The number of aromatic nitrogens is 1. The minimum atomic E-state index is -1.11. The van der Waals surface area contributed by atoms with Gasteiger partial charge in [0.05, 0.1) is 17.7 Å². The number of nitrogens with one attached hydrogen (secondary N) is 1. The quantitative estimate of drug-likeness (QED) is 0.0990. The van der Waals surface area contributed by atoms with E-state index in [1.54, 1.807) is 17.0 Å². The molecule has 5 rings (SSSR count). The number of amides is 2. The van der Waals surface area contributed by atoms with Crippen molar-refractivity contribution in [1.82, 2.24) is 9.99 Å². The highest BCUT2D eigenvalue weighted by Crippen LogP contribution is 2.27. The Morgan fingerprint density at radius 1 is 0.755 bits per heavy atom. The van der Waals surface area contributed by atoms with Crippen molar-refractivity contribution in [2.75, 3.05) is 5.01 Å². The van der Waals surface area contributed by atoms with E-state index in [4.69, 9.17) is 4.74 Å². The highest BCUT2D eigenvalue weighted by Gasteiger charge is 2.29. The van der Waals surface area contributed by atoms with Gasteiger partial charge >= 0.3 is 11.9 Å². The van der Waals surface area contributed by atoms with Gasteiger partial charge in [-0.2, -0.15) is 0 Å². The number of carbonyl (C=O) groups is 4. The maximum absolute atomic E-state index is 14.1. The number of nitrogens with zero attached hydrogens (tertiary/aromatic N) is 2. The van der Waals surface area contributed by atoms with Crippen LogP contribution in [0.3, 0.4) is 0 Å². The summed E-state index contributed by atoms with van der Waals surface area (Å²) in [6, 6.07) is 33.8. The number of benzene rings is 4. The number of hydrazine groups is 1. The van der Waals surface area contributed by atoms with Gasteiger partial charge in [-0.3, -0.25) is 19.8 Å². The van der Waals surface area contributed by atoms with Crippen LogP contribution >= 0.6 is 0 Å². The first-order valence-electron chi connectivity index (χ1n) is 16.2. The minimum Gasteiger partial charge on any atom is -0.478 e. The first kappa shape index (κ1) is 34.4. The Hall–Kier alpha value is -5.96. The summed E-state index contributed by atoms with van der Waals surface area (Å²) >= 11 is 0. The van der Waals surface area contributed by atoms with Crippen LogP contribution in [0.1, 0.15) is 55.1 Å². The van der Waals surface area contributed by atoms with Gasteiger partial charge in [0.15, 0.2) is 0 Å². The molecule has 2 N–H and O–H groups in total. The minimum absolute atomic E-state index is 0.0420. The van der Waals surface area contributed by atoms with Crippen molar-refractivity contribution < 1.29 is 29.0 Å². The van der Waals surface area contributed by atoms with Gasteiger partial charge in [0.2, 0.25) is 5.91 Å². The summed E-state index contributed by atoms with van der Waals surface area (Å²) in [5.41, 5.74) is 7.81. The Bertz CT molecular complexity index is 1870. The Balaban J connectivity index is 1.41. The summed E-state index contributed by atoms with van der Waals surface area (Å²) in [5, 5.41) is 10.5. The number of aromatic carboxylic acids is 1. The molecule has 1 aromatic heterocycles. The molecule has 0 fully saturated rings. The van der Waals surface area contributed by atoms with Crippen molar-refractivity contribution in [3.63, 3.8) is 0 Å². The molecule has 0 saturated heterocycles. The second kappa shape index (κ2) is 16.2. The zero-order valence-corrected chi connectivity index (χ0v) is 27.5. The lowest BCUT2D eigenvalue weighted by Crippen LogP contribution is -2.49. The number of hydrogen-bond donors (Lipinski definition) is 2. The number of hydrogen-bond acceptors (Lipinski definition) is 5. The molecule has 9 heteroatoms. The highest BCUT2D eigenvalue weighted by molar-refractivity contribution is 5.98. The molecule has 4 aromatic carbocycles. The Kier molecular flexibility index (Phi) is 11.4. The van der Waals surface area contributed by atoms with Crippen LogP contribution in [0.15, 0.2) is 128 Å². The molecule has 5 aromatic rings. The molecule has 0 aliphatic carbocycles. The summed E-state index contributed by atoms with van der Waals surface area (Å²) in [6.07, 6.45) is 3.94. The van der Waals surface area contributed by atoms with Crippen molar-refractivity contribution in [1.29, 1.82) is 0 Å². The lowest BCUT2D eigenvalue weighted by Gasteiger charge is -2.27. The van der Waals surface area contributed by atoms with Gasteiger partial charge in [0.25, 0.3) is 5.91 Å². The molecule has 1 heterocycles. The maximum atomic E-state index is 14.1. The smallest absolute Gasteiger partial charge is 0.335 e. The Morgan fingerprint density at radius 2 is 1.35 bits per heavy atom. The van der Waals surface area contributed by atoms with Crippen LogP contribution in [0.2, 0.25) is 0 Å². The molecule has 0 unspecified atom stereocenters. The summed E-state index contributed by atoms with van der Waals surface area (Å²) in [7, 11) is 0. The topological polar surface area (TPSA) is 118 Å². The number of anilines is 1. The third kappa shape index (κ3) is 9.32. The van der Waals surface area contributed by atoms with E-state index in [9.17, 15) is 24.3 Å². The molecule has 1 atom stereocenters. The van der Waals surface area contributed by atoms with Crippen LogP contribution in [0.4, 0.5) is 5.69 Å². The fourth-order valence-electron chi connectivity index (χ4n) is 5.28. The van der Waals surface area contributed by atoms with E-state index in [-0.39, 0.29) is 36.8 Å². The highest BCUT2D eigenvalue weighted by atomic mass is 16.5. The average Bonchev–Trinajstić information content (AvgIpc) is 3.62. The van der Waals surface area contributed by atoms with E-state index < -0.39 is 23.9 Å². The van der Waals surface area contributed by atoms with Gasteiger partial charge in [-0.05, 0) is 70.5 Å². The second-order valence-corrected chi connectivity index (χ2v) is 12.1. The second-order valence-electron chi connectivity index (χ2n) is 12.1. The van der Waals surface area contributed by atoms with E-state index in [2.05, 4.69) is 5.43 Å². The van der Waals surface area contributed by atoms with Crippen molar-refractivity contribution in [2.24, 2.45) is 5.92 Å². The summed E-state index contributed by atoms with van der Waals surface area (Å²) in [6.45, 7) is 4.04. The number of ether oxygens (including phenoxy) is 1. The van der Waals surface area contributed by atoms with Crippen LogP contribution in [-0.4, -0.2) is 33.4 Å². The van der Waals surface area contributed by atoms with Crippen molar-refractivity contribution >= 4 is 29.4 Å². The SMILES string of the molecule is CC(C)CCC(=O)N(NC(=O)[C@H](CC(=O)OCc1ccccc1)n1ccc(-c2ccc(-c3ccccc3)cc2)c1)c1ccc(C(=O)O)cc1. The van der Waals surface area contributed by atoms with Crippen molar-refractivity contribution in [2.45, 2.75) is 45.8 Å². The third-order valence-corrected chi connectivity index (χ3v) is 8.08. The largest absolute Gasteiger partial charge is 0.478 e. The molecule has 0 bridgehead atoms. The average molecular weight is 658 g/mol. The van der Waals surface area contributed by atoms with E-state index in [1.165, 1.54) is 24.3 Å². The molecule has 2 amide bonds. The standard InChI is InChI=1S/C40H39N3O6/c1-28(2)13-22-37(44)43(35-20-18-33(19-21-35)40(47)48)41-39(46)36(25-38(45)49-27-29-9-5-3-6-10-29)42-24-23-34(26-42)32-16-14-31(15-17-32)30-11-7-4-8-12-30/h3-12,14-21,23-24,26,28,36H,13,22,25,27H2,1-2H3,(H,41,46)(H,47,48)/t36-/m0/s1. The third-order valence-electron chi connectivity index (χ3n) is 8.08. The molecular formula is C40H39N3O6. The molecule has 49 heavy (non-hydrogen) atoms. The molecular weight excluding hydrogens is 618 g/mol. The monoisotopic (exact) mass is 657 g/mol. The zero-order valence-electron chi connectivity index (χ0n) is 27.5. The summed E-state index contributed by atoms with van der Waals surface area (Å²) in [4.78, 5) is 52.2. The first-order valence-corrected chi connectivity index (χ1v) is 16.2. The first-order chi connectivity index (χ1) is 23.7. The van der Waals surface area contributed by atoms with Crippen LogP contribution in [0, 0.1) is 5.92 Å². The maximum Gasteiger partial charge on any atom is 0.335 e. The Labute approximate surface area is 285 Å². The van der Waals surface area contributed by atoms with Gasteiger partial charge < -0.3 is 14.4 Å². The van der Waals surface area contributed by atoms with Crippen molar-refractivity contribution in [3.8, 4) is 22.3 Å². The lowest BCUT2D eigenvalue weighted by molar-refractivity contribution is -0.147. The molecule has 250 valence electrons. The van der Waals surface area contributed by atoms with Gasteiger partial charge in [-0.15, -0.1) is 0 Å². The summed E-state index contributed by atoms with van der Waals surface area (Å²) in [5.74, 6) is -2.45. The molecule has 0 aliphatic rings. The number of carbonyl (C=O) groups excluding carboxylic acids is 3. The van der Waals surface area contributed by atoms with Gasteiger partial charge in [0, 0.05) is 18.8 Å². The fraction of sp³-hybridized carbons (Fsp3) is 0.200. The van der Waals surface area contributed by atoms with Crippen molar-refractivity contribution in [3.05, 3.63) is 139 Å². The predicted molar refractivity (Wildman–Crippen MR) is 188 cm³/mol. The van der Waals surface area contributed by atoms with E-state index >= 15 is 0 Å². The number of esters is 1. The number of rotatable bonds is 13. The molecule has 0 radical (unpaired) electrons. The van der Waals surface area contributed by atoms with Gasteiger partial charge in [0.1, 0.15) is 12.6 Å². The van der Waals surface area contributed by atoms with Crippen LogP contribution < -0.4 is 10.4 Å². The Morgan fingerprint density at radius 3 is 1.96 bits per heavy atom. The van der Waals surface area contributed by atoms with Crippen LogP contribution in [0.5, 0.6) is 0 Å². The normalized spacial score (nSPS) is 11.5. The van der Waals surface area contributed by atoms with Crippen LogP contribution in [-0.2, 0) is 25.7 Å². The molecule has 9 nitrogen and oxygen atoms in total. The number of carboxylic acid groups (broad SMARTS) is 1. The van der Waals surface area contributed by atoms with E-state index in [0.29, 0.717) is 12.1 Å². The fourth-order valence-corrected chi connectivity index (χ4v) is 5.28. The zero-order chi connectivity index (χ0) is 34.8. The molecule has 0 aliphatic heterocycles. The molecule has 0 saturated carbocycles. The predicted octanol–water partition coefficient (Wildman–Crippen LogP) is 7.70. The van der Waals surface area contributed by atoms with Gasteiger partial charge in [-0.1, -0.05) is 98.8 Å². The molecule has 0 spiro atoms. The number of carboxylic acids is 1. The van der Waals surface area contributed by atoms with E-state index in [1.807, 2.05) is 105 Å². The lowest BCUT2D eigenvalue weighted by atomic mass is 10.0. The van der Waals surface area contributed by atoms with E-state index in [0.717, 1.165) is 32.8 Å².